The molecular formula is C32H41N3O6S. The van der Waals surface area contributed by atoms with Gasteiger partial charge < -0.3 is 9.64 Å². The predicted octanol–water partition coefficient (Wildman–Crippen LogP) is 4.31. The lowest BCUT2D eigenvalue weighted by molar-refractivity contribution is -0.149. The van der Waals surface area contributed by atoms with Crippen LogP contribution < -0.4 is 9.46 Å². The molecule has 2 aromatic rings. The van der Waals surface area contributed by atoms with Crippen LogP contribution in [0.1, 0.15) is 77.7 Å². The summed E-state index contributed by atoms with van der Waals surface area (Å²) in [7, 11) is -3.73. The molecule has 2 amide bonds. The smallest absolute Gasteiger partial charge is 0.240 e. The number of hydrogen-bond acceptors (Lipinski definition) is 7. The predicted molar refractivity (Wildman–Crippen MR) is 158 cm³/mol. The van der Waals surface area contributed by atoms with Crippen molar-refractivity contribution in [1.29, 1.82) is 0 Å². The van der Waals surface area contributed by atoms with E-state index in [-0.39, 0.29) is 41.9 Å². The van der Waals surface area contributed by atoms with Crippen LogP contribution in [0.15, 0.2) is 30.5 Å². The standard InChI is InChI=1S/C32H41N3O6S/c1-5-21-16-32(21,31(38)34-42(39,40)22-7-8-22)17-27(36)26-15-28(25-11-10-23(18(2)3)30(37)35(25)26)41-29-24-9-6-19(4)14-20(24)12-13-33-29/h6,9,12-14,18,21-23,25-26,28H,5,7-8,10-11,15-17H2,1-4H3,(H,34,38)/t21-,23-,25-,26+,28-,32-/m1/s1. The van der Waals surface area contributed by atoms with Crippen molar-refractivity contribution < 1.29 is 27.5 Å². The third-order valence-corrected chi connectivity index (χ3v) is 11.9. The Morgan fingerprint density at radius 2 is 1.93 bits per heavy atom. The molecule has 1 aromatic carbocycles. The Balaban J connectivity index is 1.27. The number of ketones is 1. The molecule has 1 N–H and O–H groups in total. The fourth-order valence-corrected chi connectivity index (χ4v) is 8.74. The van der Waals surface area contributed by atoms with Crippen LogP contribution in [0.25, 0.3) is 10.8 Å². The molecule has 0 radical (unpaired) electrons. The normalized spacial score (nSPS) is 30.8. The number of sulfonamides is 1. The minimum Gasteiger partial charge on any atom is -0.472 e. The molecule has 2 saturated carbocycles. The van der Waals surface area contributed by atoms with Crippen LogP contribution in [0, 0.1) is 30.1 Å². The van der Waals surface area contributed by atoms with E-state index >= 15 is 0 Å². The van der Waals surface area contributed by atoms with Gasteiger partial charge in [0.15, 0.2) is 5.78 Å². The number of fused-ring (bicyclic) bond motifs is 2. The number of nitrogens with zero attached hydrogens (tertiary/aromatic N) is 2. The molecule has 0 spiro atoms. The van der Waals surface area contributed by atoms with E-state index in [2.05, 4.69) is 15.8 Å². The first-order valence-electron chi connectivity index (χ1n) is 15.4. The number of aromatic nitrogens is 1. The summed E-state index contributed by atoms with van der Waals surface area (Å²) in [6, 6.07) is 7.00. The van der Waals surface area contributed by atoms with Gasteiger partial charge in [-0.1, -0.05) is 44.9 Å². The maximum Gasteiger partial charge on any atom is 0.240 e. The molecule has 6 rings (SSSR count). The van der Waals surface area contributed by atoms with Gasteiger partial charge in [-0.3, -0.25) is 19.1 Å². The first-order valence-corrected chi connectivity index (χ1v) is 16.9. The monoisotopic (exact) mass is 595 g/mol. The highest BCUT2D eigenvalue weighted by Crippen LogP contribution is 2.58. The van der Waals surface area contributed by atoms with Gasteiger partial charge in [-0.2, -0.15) is 0 Å². The van der Waals surface area contributed by atoms with E-state index in [0.717, 1.165) is 29.2 Å². The zero-order valence-electron chi connectivity index (χ0n) is 24.8. The topological polar surface area (TPSA) is 123 Å². The molecule has 0 bridgehead atoms. The van der Waals surface area contributed by atoms with E-state index < -0.39 is 38.7 Å². The molecule has 6 atom stereocenters. The quantitative estimate of drug-likeness (QED) is 0.434. The van der Waals surface area contributed by atoms with Gasteiger partial charge in [0.05, 0.1) is 22.7 Å². The van der Waals surface area contributed by atoms with Crippen LogP contribution in [0.5, 0.6) is 5.88 Å². The molecule has 2 aliphatic carbocycles. The number of hydrogen-bond donors (Lipinski definition) is 1. The second-order valence-electron chi connectivity index (χ2n) is 13.3. The number of piperidine rings is 1. The summed E-state index contributed by atoms with van der Waals surface area (Å²) in [5, 5.41) is 1.37. The average Bonchev–Trinajstić information content (AvgIpc) is 3.86. The number of pyridine rings is 1. The summed E-state index contributed by atoms with van der Waals surface area (Å²) in [5.41, 5.74) is 0.0800. The fourth-order valence-electron chi connectivity index (χ4n) is 7.36. The van der Waals surface area contributed by atoms with E-state index in [4.69, 9.17) is 4.74 Å². The first kappa shape index (κ1) is 29.1. The lowest BCUT2D eigenvalue weighted by atomic mass is 9.84. The van der Waals surface area contributed by atoms with Gasteiger partial charge in [0.25, 0.3) is 0 Å². The van der Waals surface area contributed by atoms with E-state index in [0.29, 0.717) is 38.0 Å². The Labute approximate surface area is 247 Å². The number of amides is 2. The molecular weight excluding hydrogens is 554 g/mol. The summed E-state index contributed by atoms with van der Waals surface area (Å²) >= 11 is 0. The molecule has 4 aliphatic rings. The van der Waals surface area contributed by atoms with Crippen LogP contribution in [0.2, 0.25) is 0 Å². The van der Waals surface area contributed by atoms with Crippen molar-refractivity contribution in [3.05, 3.63) is 36.0 Å². The van der Waals surface area contributed by atoms with Crippen molar-refractivity contribution in [2.45, 2.75) is 102 Å². The second kappa shape index (κ2) is 10.6. The molecule has 10 heteroatoms. The molecule has 2 aliphatic heterocycles. The fraction of sp³-hybridized carbons (Fsp3) is 0.625. The number of rotatable bonds is 10. The summed E-state index contributed by atoms with van der Waals surface area (Å²) in [4.78, 5) is 47.6. The van der Waals surface area contributed by atoms with Crippen molar-refractivity contribution in [3.63, 3.8) is 0 Å². The number of ether oxygens (including phenoxy) is 1. The molecule has 3 heterocycles. The zero-order valence-corrected chi connectivity index (χ0v) is 25.7. The highest BCUT2D eigenvalue weighted by Gasteiger charge is 2.62. The first-order chi connectivity index (χ1) is 19.9. The molecule has 4 fully saturated rings. The minimum atomic E-state index is -3.73. The summed E-state index contributed by atoms with van der Waals surface area (Å²) in [5.74, 6) is -0.432. The van der Waals surface area contributed by atoms with E-state index in [9.17, 15) is 22.8 Å². The molecule has 9 nitrogen and oxygen atoms in total. The molecule has 42 heavy (non-hydrogen) atoms. The Hall–Kier alpha value is -3.01. The van der Waals surface area contributed by atoms with Crippen molar-refractivity contribution in [2.75, 3.05) is 0 Å². The molecule has 1 aromatic heterocycles. The van der Waals surface area contributed by atoms with Gasteiger partial charge >= 0.3 is 0 Å². The second-order valence-corrected chi connectivity index (χ2v) is 15.2. The van der Waals surface area contributed by atoms with Crippen molar-refractivity contribution in [3.8, 4) is 5.88 Å². The van der Waals surface area contributed by atoms with Crippen LogP contribution in [0.3, 0.4) is 0 Å². The highest BCUT2D eigenvalue weighted by molar-refractivity contribution is 7.90. The van der Waals surface area contributed by atoms with E-state index in [1.165, 1.54) is 0 Å². The third-order valence-electron chi connectivity index (χ3n) is 10.1. The number of nitrogens with one attached hydrogen (secondary N) is 1. The number of aryl methyl sites for hydroxylation is 1. The Morgan fingerprint density at radius 3 is 2.60 bits per heavy atom. The van der Waals surface area contributed by atoms with Crippen LogP contribution in [-0.2, 0) is 24.4 Å². The van der Waals surface area contributed by atoms with Crippen LogP contribution >= 0.6 is 0 Å². The minimum absolute atomic E-state index is 0.0372. The van der Waals surface area contributed by atoms with E-state index in [1.54, 1.807) is 11.1 Å². The maximum atomic E-state index is 14.1. The Morgan fingerprint density at radius 1 is 1.17 bits per heavy atom. The summed E-state index contributed by atoms with van der Waals surface area (Å²) in [6.07, 6.45) is 5.22. The third kappa shape index (κ3) is 5.09. The van der Waals surface area contributed by atoms with Crippen LogP contribution in [-0.4, -0.2) is 59.3 Å². The number of Topliss-reactive ketones (excluding diaryl/α,β-unsaturated/α-hetero) is 1. The number of carbonyl (C=O) groups is 3. The van der Waals surface area contributed by atoms with Crippen molar-refractivity contribution in [2.24, 2.45) is 23.2 Å². The molecule has 2 saturated heterocycles. The van der Waals surface area contributed by atoms with Gasteiger partial charge in [0.1, 0.15) is 6.10 Å². The van der Waals surface area contributed by atoms with Gasteiger partial charge in [-0.15, -0.1) is 0 Å². The van der Waals surface area contributed by atoms with E-state index in [1.807, 2.05) is 45.9 Å². The zero-order chi connectivity index (χ0) is 30.0. The number of benzene rings is 1. The van der Waals surface area contributed by atoms with Gasteiger partial charge in [0.2, 0.25) is 27.7 Å². The maximum absolute atomic E-state index is 14.1. The lowest BCUT2D eigenvalue weighted by Crippen LogP contribution is -2.54. The van der Waals surface area contributed by atoms with Gasteiger partial charge in [0, 0.05) is 30.3 Å². The average molecular weight is 596 g/mol. The molecule has 226 valence electrons. The van der Waals surface area contributed by atoms with Crippen LogP contribution in [0.4, 0.5) is 0 Å². The van der Waals surface area contributed by atoms with Crippen molar-refractivity contribution >= 4 is 38.4 Å². The molecule has 0 unspecified atom stereocenters. The lowest BCUT2D eigenvalue weighted by Gasteiger charge is -2.40. The Bertz CT molecular complexity index is 1540. The summed E-state index contributed by atoms with van der Waals surface area (Å²) in [6.45, 7) is 8.04. The SMILES string of the molecule is CC[C@@H]1C[C@]1(CC(=O)[C@@H]1C[C@@H](Oc2nccc3cc(C)ccc23)[C@H]2CC[C@H](C(C)C)C(=O)N21)C(=O)NS(=O)(=O)C1CC1. The van der Waals surface area contributed by atoms with Gasteiger partial charge in [-0.05, 0) is 68.4 Å². The Kier molecular flexibility index (Phi) is 7.35. The van der Waals surface area contributed by atoms with Crippen molar-refractivity contribution in [1.82, 2.24) is 14.6 Å². The number of carbonyl (C=O) groups excluding carboxylic acids is 3. The highest BCUT2D eigenvalue weighted by atomic mass is 32.2. The summed E-state index contributed by atoms with van der Waals surface area (Å²) < 4.78 is 34.0. The van der Waals surface area contributed by atoms with Gasteiger partial charge in [-0.25, -0.2) is 13.4 Å². The largest absolute Gasteiger partial charge is 0.472 e.